The highest BCUT2D eigenvalue weighted by Crippen LogP contribution is 2.19. The van der Waals surface area contributed by atoms with Gasteiger partial charge in [0.2, 0.25) is 5.95 Å². The van der Waals surface area contributed by atoms with Crippen molar-refractivity contribution in [2.75, 3.05) is 5.73 Å². The number of hydrogen-bond acceptors (Lipinski definition) is 4. The van der Waals surface area contributed by atoms with E-state index in [-0.39, 0.29) is 5.95 Å². The predicted molar refractivity (Wildman–Crippen MR) is 59.1 cm³/mol. The first-order chi connectivity index (χ1) is 7.16. The van der Waals surface area contributed by atoms with Crippen LogP contribution in [0.2, 0.25) is 0 Å². The van der Waals surface area contributed by atoms with E-state index < -0.39 is 0 Å². The van der Waals surface area contributed by atoms with Gasteiger partial charge in [0.15, 0.2) is 5.82 Å². The number of aryl methyl sites for hydroxylation is 2. The summed E-state index contributed by atoms with van der Waals surface area (Å²) < 4.78 is 0. The molecule has 0 atom stereocenters. The molecule has 0 saturated carbocycles. The molecule has 2 aromatic rings. The Hall–Kier alpha value is -1.97. The minimum absolute atomic E-state index is 0.265. The highest BCUT2D eigenvalue weighted by Gasteiger charge is 2.06. The standard InChI is InChI=1S/C11H12N4/c1-7-5-3-4-6-9(7)10-13-8(2)14-11(12)15-10/h3-6H,1-2H3,(H2,12,13,14,15). The summed E-state index contributed by atoms with van der Waals surface area (Å²) in [6, 6.07) is 7.93. The van der Waals surface area contributed by atoms with Crippen LogP contribution in [-0.4, -0.2) is 15.0 Å². The van der Waals surface area contributed by atoms with Crippen LogP contribution < -0.4 is 5.73 Å². The summed E-state index contributed by atoms with van der Waals surface area (Å²) in [5.41, 5.74) is 7.71. The van der Waals surface area contributed by atoms with Gasteiger partial charge in [-0.3, -0.25) is 0 Å². The molecule has 0 fully saturated rings. The number of nitrogens with two attached hydrogens (primary N) is 1. The van der Waals surface area contributed by atoms with Crippen molar-refractivity contribution in [3.05, 3.63) is 35.7 Å². The van der Waals surface area contributed by atoms with Crippen LogP contribution in [0.3, 0.4) is 0 Å². The SMILES string of the molecule is Cc1nc(N)nc(-c2ccccc2C)n1. The smallest absolute Gasteiger partial charge is 0.223 e. The summed E-state index contributed by atoms with van der Waals surface area (Å²) >= 11 is 0. The average Bonchev–Trinajstić information content (AvgIpc) is 2.16. The zero-order valence-electron chi connectivity index (χ0n) is 8.73. The molecule has 0 aliphatic carbocycles. The predicted octanol–water partition coefficient (Wildman–Crippen LogP) is 1.74. The molecule has 1 aromatic carbocycles. The molecule has 0 amide bonds. The molecule has 0 radical (unpaired) electrons. The maximum Gasteiger partial charge on any atom is 0.223 e. The van der Waals surface area contributed by atoms with Gasteiger partial charge in [-0.05, 0) is 19.4 Å². The fourth-order valence-corrected chi connectivity index (χ4v) is 1.45. The molecule has 0 aliphatic rings. The van der Waals surface area contributed by atoms with E-state index in [9.17, 15) is 0 Å². The van der Waals surface area contributed by atoms with E-state index in [1.807, 2.05) is 31.2 Å². The minimum Gasteiger partial charge on any atom is -0.368 e. The molecule has 1 aromatic heterocycles. The van der Waals surface area contributed by atoms with Crippen molar-refractivity contribution in [3.63, 3.8) is 0 Å². The van der Waals surface area contributed by atoms with Gasteiger partial charge in [0.25, 0.3) is 0 Å². The van der Waals surface area contributed by atoms with Crippen LogP contribution in [0.15, 0.2) is 24.3 Å². The number of hydrogen-bond donors (Lipinski definition) is 1. The summed E-state index contributed by atoms with van der Waals surface area (Å²) in [5.74, 6) is 1.54. The van der Waals surface area contributed by atoms with Crippen molar-refractivity contribution in [3.8, 4) is 11.4 Å². The van der Waals surface area contributed by atoms with Crippen molar-refractivity contribution >= 4 is 5.95 Å². The molecule has 4 nitrogen and oxygen atoms in total. The lowest BCUT2D eigenvalue weighted by Gasteiger charge is -2.04. The molecule has 2 N–H and O–H groups in total. The summed E-state index contributed by atoms with van der Waals surface area (Å²) in [4.78, 5) is 12.3. The number of benzene rings is 1. The summed E-state index contributed by atoms with van der Waals surface area (Å²) in [7, 11) is 0. The van der Waals surface area contributed by atoms with Gasteiger partial charge in [-0.25, -0.2) is 4.98 Å². The molecule has 1 heterocycles. The molecular weight excluding hydrogens is 188 g/mol. The Balaban J connectivity index is 2.59. The van der Waals surface area contributed by atoms with Gasteiger partial charge >= 0.3 is 0 Å². The van der Waals surface area contributed by atoms with Crippen LogP contribution in [0, 0.1) is 13.8 Å². The molecule has 0 unspecified atom stereocenters. The topological polar surface area (TPSA) is 64.7 Å². The van der Waals surface area contributed by atoms with Gasteiger partial charge in [-0.1, -0.05) is 24.3 Å². The van der Waals surface area contributed by atoms with E-state index in [1.165, 1.54) is 0 Å². The van der Waals surface area contributed by atoms with Crippen LogP contribution in [0.1, 0.15) is 11.4 Å². The lowest BCUT2D eigenvalue weighted by atomic mass is 10.1. The van der Waals surface area contributed by atoms with E-state index >= 15 is 0 Å². The Kier molecular flexibility index (Phi) is 2.33. The van der Waals surface area contributed by atoms with Crippen LogP contribution in [0.4, 0.5) is 5.95 Å². The van der Waals surface area contributed by atoms with Gasteiger partial charge in [-0.15, -0.1) is 0 Å². The molecule has 76 valence electrons. The van der Waals surface area contributed by atoms with Crippen molar-refractivity contribution in [2.24, 2.45) is 0 Å². The first-order valence-electron chi connectivity index (χ1n) is 4.71. The molecular formula is C11H12N4. The van der Waals surface area contributed by atoms with Gasteiger partial charge in [0.1, 0.15) is 5.82 Å². The van der Waals surface area contributed by atoms with Crippen molar-refractivity contribution in [1.29, 1.82) is 0 Å². The second-order valence-electron chi connectivity index (χ2n) is 3.38. The minimum atomic E-state index is 0.265. The largest absolute Gasteiger partial charge is 0.368 e. The fraction of sp³-hybridized carbons (Fsp3) is 0.182. The lowest BCUT2D eigenvalue weighted by Crippen LogP contribution is -2.02. The van der Waals surface area contributed by atoms with Crippen LogP contribution >= 0.6 is 0 Å². The first-order valence-corrected chi connectivity index (χ1v) is 4.71. The van der Waals surface area contributed by atoms with Gasteiger partial charge in [0, 0.05) is 5.56 Å². The third kappa shape index (κ3) is 1.93. The number of aromatic nitrogens is 3. The lowest BCUT2D eigenvalue weighted by molar-refractivity contribution is 0.995. The van der Waals surface area contributed by atoms with E-state index in [4.69, 9.17) is 5.73 Å². The third-order valence-corrected chi connectivity index (χ3v) is 2.15. The Morgan fingerprint density at radius 2 is 1.73 bits per heavy atom. The average molecular weight is 200 g/mol. The molecule has 15 heavy (non-hydrogen) atoms. The van der Waals surface area contributed by atoms with E-state index in [2.05, 4.69) is 15.0 Å². The zero-order chi connectivity index (χ0) is 10.8. The number of nitrogen functional groups attached to an aromatic ring is 1. The van der Waals surface area contributed by atoms with Crippen molar-refractivity contribution in [2.45, 2.75) is 13.8 Å². The maximum absolute atomic E-state index is 5.58. The normalized spacial score (nSPS) is 10.3. The van der Waals surface area contributed by atoms with Gasteiger partial charge in [-0.2, -0.15) is 9.97 Å². The second kappa shape index (κ2) is 3.65. The molecule has 2 rings (SSSR count). The molecule has 0 saturated heterocycles. The maximum atomic E-state index is 5.58. The highest BCUT2D eigenvalue weighted by atomic mass is 15.1. The van der Waals surface area contributed by atoms with Crippen molar-refractivity contribution in [1.82, 2.24) is 15.0 Å². The molecule has 4 heteroatoms. The van der Waals surface area contributed by atoms with Crippen LogP contribution in [0.5, 0.6) is 0 Å². The molecule has 0 bridgehead atoms. The summed E-state index contributed by atoms with van der Waals surface area (Å²) in [6.45, 7) is 3.82. The molecule has 0 spiro atoms. The number of anilines is 1. The molecule has 0 aliphatic heterocycles. The quantitative estimate of drug-likeness (QED) is 0.761. The number of rotatable bonds is 1. The van der Waals surface area contributed by atoms with Crippen molar-refractivity contribution < 1.29 is 0 Å². The summed E-state index contributed by atoms with van der Waals surface area (Å²) in [6.07, 6.45) is 0. The Labute approximate surface area is 88.2 Å². The Morgan fingerprint density at radius 1 is 1.00 bits per heavy atom. The Morgan fingerprint density at radius 3 is 2.40 bits per heavy atom. The Bertz CT molecular complexity index is 473. The highest BCUT2D eigenvalue weighted by molar-refractivity contribution is 5.60. The first kappa shape index (κ1) is 9.58. The van der Waals surface area contributed by atoms with E-state index in [0.717, 1.165) is 11.1 Å². The van der Waals surface area contributed by atoms with Gasteiger partial charge < -0.3 is 5.73 Å². The third-order valence-electron chi connectivity index (χ3n) is 2.15. The van der Waals surface area contributed by atoms with E-state index in [0.29, 0.717) is 11.6 Å². The monoisotopic (exact) mass is 200 g/mol. The zero-order valence-corrected chi connectivity index (χ0v) is 8.73. The fourth-order valence-electron chi connectivity index (χ4n) is 1.45. The number of nitrogens with zero attached hydrogens (tertiary/aromatic N) is 3. The second-order valence-corrected chi connectivity index (χ2v) is 3.38. The van der Waals surface area contributed by atoms with Crippen LogP contribution in [0.25, 0.3) is 11.4 Å². The van der Waals surface area contributed by atoms with Gasteiger partial charge in [0.05, 0.1) is 0 Å². The van der Waals surface area contributed by atoms with E-state index in [1.54, 1.807) is 6.92 Å². The summed E-state index contributed by atoms with van der Waals surface area (Å²) in [5, 5.41) is 0. The van der Waals surface area contributed by atoms with Crippen LogP contribution in [-0.2, 0) is 0 Å².